The predicted octanol–water partition coefficient (Wildman–Crippen LogP) is 2.33. The van der Waals surface area contributed by atoms with Crippen LogP contribution in [0.5, 0.6) is 0 Å². The fourth-order valence-electron chi connectivity index (χ4n) is 1.70. The van der Waals surface area contributed by atoms with Crippen molar-refractivity contribution in [3.63, 3.8) is 0 Å². The minimum atomic E-state index is -4.40. The van der Waals surface area contributed by atoms with Crippen molar-refractivity contribution in [1.29, 1.82) is 0 Å². The number of benzene rings is 1. The Bertz CT molecular complexity index is 597. The molecule has 0 saturated heterocycles. The van der Waals surface area contributed by atoms with E-state index in [9.17, 15) is 26.4 Å². The van der Waals surface area contributed by atoms with Gasteiger partial charge >= 0.3 is 6.18 Å². The Morgan fingerprint density at radius 1 is 1.24 bits per heavy atom. The summed E-state index contributed by atoms with van der Waals surface area (Å²) in [6.07, 6.45) is -6.30. The Balaban J connectivity index is 2.52. The first-order valence-electron chi connectivity index (χ1n) is 6.24. The molecule has 118 valence electrons. The molecule has 0 heterocycles. The molecule has 4 nitrogen and oxygen atoms in total. The molecule has 0 aromatic heterocycles. The molecule has 1 aromatic rings. The normalized spacial score (nSPS) is 12.2. The second kappa shape index (κ2) is 6.93. The van der Waals surface area contributed by atoms with E-state index in [4.69, 9.17) is 0 Å². The lowest BCUT2D eigenvalue weighted by Gasteiger charge is -2.09. The standard InChI is InChI=1S/C13H16F3NO3S/c1-10-5-2-3-6-11(10)9-12(18)17-21(19,20)8-4-7-13(14,15)16/h2-3,5-6H,4,7-9H2,1H3,(H,17,18). The Kier molecular flexibility index (Phi) is 5.77. The minimum Gasteiger partial charge on any atom is -0.274 e. The summed E-state index contributed by atoms with van der Waals surface area (Å²) in [5.74, 6) is -1.48. The lowest BCUT2D eigenvalue weighted by molar-refractivity contribution is -0.134. The van der Waals surface area contributed by atoms with Crippen molar-refractivity contribution in [1.82, 2.24) is 4.72 Å². The van der Waals surface area contributed by atoms with E-state index in [0.717, 1.165) is 5.56 Å². The summed E-state index contributed by atoms with van der Waals surface area (Å²) in [5.41, 5.74) is 1.50. The third-order valence-electron chi connectivity index (χ3n) is 2.75. The number of sulfonamides is 1. The number of amides is 1. The largest absolute Gasteiger partial charge is 0.389 e. The van der Waals surface area contributed by atoms with Gasteiger partial charge in [-0.2, -0.15) is 13.2 Å². The van der Waals surface area contributed by atoms with Crippen LogP contribution in [0.1, 0.15) is 24.0 Å². The predicted molar refractivity (Wildman–Crippen MR) is 72.1 cm³/mol. The molecule has 0 spiro atoms. The van der Waals surface area contributed by atoms with Gasteiger partial charge < -0.3 is 0 Å². The second-order valence-corrected chi connectivity index (χ2v) is 6.51. The van der Waals surface area contributed by atoms with E-state index in [0.29, 0.717) is 5.56 Å². The van der Waals surface area contributed by atoms with Gasteiger partial charge in [-0.1, -0.05) is 24.3 Å². The average molecular weight is 323 g/mol. The topological polar surface area (TPSA) is 63.2 Å². The van der Waals surface area contributed by atoms with Gasteiger partial charge in [0.2, 0.25) is 15.9 Å². The van der Waals surface area contributed by atoms with Gasteiger partial charge in [0.05, 0.1) is 12.2 Å². The number of alkyl halides is 3. The number of carbonyl (C=O) groups excluding carboxylic acids is 1. The highest BCUT2D eigenvalue weighted by Crippen LogP contribution is 2.21. The summed E-state index contributed by atoms with van der Waals surface area (Å²) in [4.78, 5) is 11.6. The van der Waals surface area contributed by atoms with Crippen LogP contribution in [0.15, 0.2) is 24.3 Å². The number of halogens is 3. The molecule has 0 fully saturated rings. The van der Waals surface area contributed by atoms with E-state index in [2.05, 4.69) is 0 Å². The van der Waals surface area contributed by atoms with Gasteiger partial charge in [-0.25, -0.2) is 8.42 Å². The number of rotatable bonds is 6. The highest BCUT2D eigenvalue weighted by molar-refractivity contribution is 7.90. The van der Waals surface area contributed by atoms with Crippen LogP contribution in [-0.2, 0) is 21.2 Å². The molecule has 1 aromatic carbocycles. The molecular weight excluding hydrogens is 307 g/mol. The van der Waals surface area contributed by atoms with E-state index < -0.39 is 40.7 Å². The summed E-state index contributed by atoms with van der Waals surface area (Å²) < 4.78 is 60.6. The zero-order valence-electron chi connectivity index (χ0n) is 11.4. The summed E-state index contributed by atoms with van der Waals surface area (Å²) in [6.45, 7) is 1.78. The highest BCUT2D eigenvalue weighted by Gasteiger charge is 2.27. The molecule has 0 saturated carbocycles. The van der Waals surface area contributed by atoms with Crippen molar-refractivity contribution >= 4 is 15.9 Å². The summed E-state index contributed by atoms with van der Waals surface area (Å²) >= 11 is 0. The third kappa shape index (κ3) is 7.12. The van der Waals surface area contributed by atoms with Gasteiger partial charge in [-0.05, 0) is 24.5 Å². The maximum absolute atomic E-state index is 11.9. The molecule has 0 aliphatic heterocycles. The van der Waals surface area contributed by atoms with Crippen molar-refractivity contribution in [2.24, 2.45) is 0 Å². The van der Waals surface area contributed by atoms with E-state index in [1.54, 1.807) is 35.9 Å². The number of aryl methyl sites for hydroxylation is 1. The van der Waals surface area contributed by atoms with E-state index in [-0.39, 0.29) is 6.42 Å². The number of hydrogen-bond donors (Lipinski definition) is 1. The van der Waals surface area contributed by atoms with Gasteiger partial charge in [0.25, 0.3) is 0 Å². The van der Waals surface area contributed by atoms with Crippen LogP contribution >= 0.6 is 0 Å². The Morgan fingerprint density at radius 2 is 1.86 bits per heavy atom. The minimum absolute atomic E-state index is 0.134. The molecule has 0 bridgehead atoms. The summed E-state index contributed by atoms with van der Waals surface area (Å²) in [6, 6.07) is 6.96. The van der Waals surface area contributed by atoms with Crippen molar-refractivity contribution in [2.75, 3.05) is 5.75 Å². The molecule has 0 aliphatic carbocycles. The van der Waals surface area contributed by atoms with Crippen molar-refractivity contribution in [3.05, 3.63) is 35.4 Å². The molecule has 0 radical (unpaired) electrons. The average Bonchev–Trinajstić information content (AvgIpc) is 2.29. The quantitative estimate of drug-likeness (QED) is 0.874. The van der Waals surface area contributed by atoms with Gasteiger partial charge in [-0.3, -0.25) is 9.52 Å². The summed E-state index contributed by atoms with van der Waals surface area (Å²) in [5, 5.41) is 0. The Labute approximate surface area is 121 Å². The van der Waals surface area contributed by atoms with Crippen LogP contribution in [0.2, 0.25) is 0 Å². The van der Waals surface area contributed by atoms with Crippen LogP contribution in [-0.4, -0.2) is 26.3 Å². The highest BCUT2D eigenvalue weighted by atomic mass is 32.2. The van der Waals surface area contributed by atoms with Gasteiger partial charge in [0, 0.05) is 6.42 Å². The first kappa shape index (κ1) is 17.5. The maximum atomic E-state index is 11.9. The van der Waals surface area contributed by atoms with Crippen molar-refractivity contribution in [2.45, 2.75) is 32.4 Å². The lowest BCUT2D eigenvalue weighted by Crippen LogP contribution is -2.34. The van der Waals surface area contributed by atoms with Crippen molar-refractivity contribution in [3.8, 4) is 0 Å². The van der Waals surface area contributed by atoms with E-state index in [1.165, 1.54) is 0 Å². The molecular formula is C13H16F3NO3S. The monoisotopic (exact) mass is 323 g/mol. The van der Waals surface area contributed by atoms with Crippen LogP contribution in [0, 0.1) is 6.92 Å². The van der Waals surface area contributed by atoms with Crippen molar-refractivity contribution < 1.29 is 26.4 Å². The molecule has 21 heavy (non-hydrogen) atoms. The number of nitrogens with one attached hydrogen (secondary N) is 1. The molecule has 1 rings (SSSR count). The zero-order valence-corrected chi connectivity index (χ0v) is 12.2. The fraction of sp³-hybridized carbons (Fsp3) is 0.462. The second-order valence-electron chi connectivity index (χ2n) is 4.67. The van der Waals surface area contributed by atoms with Gasteiger partial charge in [-0.15, -0.1) is 0 Å². The van der Waals surface area contributed by atoms with Crippen LogP contribution < -0.4 is 4.72 Å². The summed E-state index contributed by atoms with van der Waals surface area (Å²) in [7, 11) is -4.04. The van der Waals surface area contributed by atoms with Crippen LogP contribution in [0.25, 0.3) is 0 Å². The molecule has 0 atom stereocenters. The zero-order chi connectivity index (χ0) is 16.1. The Hall–Kier alpha value is -1.57. The number of hydrogen-bond acceptors (Lipinski definition) is 3. The van der Waals surface area contributed by atoms with Crippen LogP contribution in [0.3, 0.4) is 0 Å². The molecule has 0 aliphatic rings. The Morgan fingerprint density at radius 3 is 2.43 bits per heavy atom. The molecule has 8 heteroatoms. The van der Waals surface area contributed by atoms with E-state index in [1.807, 2.05) is 0 Å². The smallest absolute Gasteiger partial charge is 0.274 e. The first-order valence-corrected chi connectivity index (χ1v) is 7.89. The SMILES string of the molecule is Cc1ccccc1CC(=O)NS(=O)(=O)CCCC(F)(F)F. The fourth-order valence-corrected chi connectivity index (χ4v) is 2.75. The van der Waals surface area contributed by atoms with E-state index >= 15 is 0 Å². The van der Waals surface area contributed by atoms with Crippen LogP contribution in [0.4, 0.5) is 13.2 Å². The maximum Gasteiger partial charge on any atom is 0.389 e. The first-order chi connectivity index (χ1) is 9.59. The van der Waals surface area contributed by atoms with Gasteiger partial charge in [0.1, 0.15) is 0 Å². The lowest BCUT2D eigenvalue weighted by atomic mass is 10.1. The third-order valence-corrected chi connectivity index (χ3v) is 4.12. The molecule has 0 unspecified atom stereocenters. The number of carbonyl (C=O) groups is 1. The molecule has 1 amide bonds. The molecule has 1 N–H and O–H groups in total. The van der Waals surface area contributed by atoms with Gasteiger partial charge in [0.15, 0.2) is 0 Å².